The second-order valence-electron chi connectivity index (χ2n) is 5.54. The van der Waals surface area contributed by atoms with Crippen molar-refractivity contribution in [1.82, 2.24) is 0 Å². The third-order valence-electron chi connectivity index (χ3n) is 3.77. The molecule has 0 fully saturated rings. The minimum atomic E-state index is -0.0690. The third-order valence-corrected chi connectivity index (χ3v) is 4.10. The first-order valence-corrected chi connectivity index (χ1v) is 7.95. The van der Waals surface area contributed by atoms with Gasteiger partial charge in [0, 0.05) is 6.42 Å². The Labute approximate surface area is 140 Å². The van der Waals surface area contributed by atoms with Gasteiger partial charge in [-0.05, 0) is 35.7 Å². The molecule has 23 heavy (non-hydrogen) atoms. The molecule has 0 spiro atoms. The van der Waals surface area contributed by atoms with E-state index in [0.29, 0.717) is 30.3 Å². The average Bonchev–Trinajstić information content (AvgIpc) is 2.56. The lowest BCUT2D eigenvalue weighted by Gasteiger charge is -2.20. The molecule has 1 aliphatic rings. The van der Waals surface area contributed by atoms with Gasteiger partial charge in [0.15, 0.2) is 11.5 Å². The van der Waals surface area contributed by atoms with E-state index < -0.39 is 0 Å². The third kappa shape index (κ3) is 3.77. The highest BCUT2D eigenvalue weighted by Crippen LogP contribution is 2.34. The smallest absolute Gasteiger partial charge is 0.225 e. The Morgan fingerprint density at radius 2 is 1.91 bits per heavy atom. The Morgan fingerprint density at radius 1 is 1.17 bits per heavy atom. The SMILES string of the molecule is CC(CC(=O)Nc1ccccc1Cl)c1ccc2c(c1)OCCO2. The van der Waals surface area contributed by atoms with E-state index in [-0.39, 0.29) is 11.8 Å². The largest absolute Gasteiger partial charge is 0.486 e. The lowest BCUT2D eigenvalue weighted by atomic mass is 9.97. The lowest BCUT2D eigenvalue weighted by Crippen LogP contribution is -2.16. The monoisotopic (exact) mass is 331 g/mol. The summed E-state index contributed by atoms with van der Waals surface area (Å²) in [6.45, 7) is 3.14. The van der Waals surface area contributed by atoms with Crippen molar-refractivity contribution < 1.29 is 14.3 Å². The molecular formula is C18H18ClNO3. The van der Waals surface area contributed by atoms with E-state index in [1.807, 2.05) is 37.3 Å². The predicted octanol–water partition coefficient (Wildman–Crippen LogP) is 4.24. The van der Waals surface area contributed by atoms with Gasteiger partial charge in [-0.1, -0.05) is 36.7 Å². The molecule has 0 aromatic heterocycles. The quantitative estimate of drug-likeness (QED) is 0.911. The minimum Gasteiger partial charge on any atom is -0.486 e. The van der Waals surface area contributed by atoms with E-state index in [4.69, 9.17) is 21.1 Å². The fraction of sp³-hybridized carbons (Fsp3) is 0.278. The summed E-state index contributed by atoms with van der Waals surface area (Å²) in [5.41, 5.74) is 1.68. The van der Waals surface area contributed by atoms with Crippen LogP contribution in [0.15, 0.2) is 42.5 Å². The summed E-state index contributed by atoms with van der Waals surface area (Å²) in [6, 6.07) is 13.0. The number of amides is 1. The second kappa shape index (κ2) is 6.92. The number of rotatable bonds is 4. The first-order chi connectivity index (χ1) is 11.1. The van der Waals surface area contributed by atoms with Crippen molar-refractivity contribution >= 4 is 23.2 Å². The Kier molecular flexibility index (Phi) is 4.72. The van der Waals surface area contributed by atoms with Gasteiger partial charge in [0.2, 0.25) is 5.91 Å². The summed E-state index contributed by atoms with van der Waals surface area (Å²) in [5.74, 6) is 1.49. The zero-order chi connectivity index (χ0) is 16.2. The molecule has 1 unspecified atom stereocenters. The van der Waals surface area contributed by atoms with E-state index in [2.05, 4.69) is 5.32 Å². The summed E-state index contributed by atoms with van der Waals surface area (Å²) < 4.78 is 11.1. The minimum absolute atomic E-state index is 0.0633. The molecule has 120 valence electrons. The van der Waals surface area contributed by atoms with E-state index in [1.54, 1.807) is 12.1 Å². The van der Waals surface area contributed by atoms with Crippen LogP contribution in [0.4, 0.5) is 5.69 Å². The number of carbonyl (C=O) groups excluding carboxylic acids is 1. The summed E-state index contributed by atoms with van der Waals surface area (Å²) >= 11 is 6.06. The van der Waals surface area contributed by atoms with Crippen LogP contribution in [0.1, 0.15) is 24.8 Å². The zero-order valence-electron chi connectivity index (χ0n) is 12.8. The normalized spacial score (nSPS) is 14.2. The van der Waals surface area contributed by atoms with Crippen LogP contribution in [0.25, 0.3) is 0 Å². The van der Waals surface area contributed by atoms with Crippen LogP contribution >= 0.6 is 11.6 Å². The number of nitrogens with one attached hydrogen (secondary N) is 1. The topological polar surface area (TPSA) is 47.6 Å². The molecule has 1 atom stereocenters. The van der Waals surface area contributed by atoms with E-state index in [1.165, 1.54) is 0 Å². The summed E-state index contributed by atoms with van der Waals surface area (Å²) in [6.07, 6.45) is 0.366. The van der Waals surface area contributed by atoms with Crippen molar-refractivity contribution in [3.05, 3.63) is 53.1 Å². The number of hydrogen-bond donors (Lipinski definition) is 1. The molecule has 2 aromatic carbocycles. The van der Waals surface area contributed by atoms with Crippen LogP contribution in [-0.2, 0) is 4.79 Å². The number of anilines is 1. The second-order valence-corrected chi connectivity index (χ2v) is 5.94. The molecule has 0 saturated carbocycles. The van der Waals surface area contributed by atoms with Crippen LogP contribution < -0.4 is 14.8 Å². The van der Waals surface area contributed by atoms with Crippen molar-refractivity contribution in [1.29, 1.82) is 0 Å². The Morgan fingerprint density at radius 3 is 2.70 bits per heavy atom. The molecule has 0 bridgehead atoms. The number of fused-ring (bicyclic) bond motifs is 1. The molecule has 1 heterocycles. The summed E-state index contributed by atoms with van der Waals surface area (Å²) in [4.78, 5) is 12.2. The number of halogens is 1. The molecule has 1 amide bonds. The van der Waals surface area contributed by atoms with Crippen molar-refractivity contribution in [2.45, 2.75) is 19.3 Å². The molecule has 4 nitrogen and oxygen atoms in total. The van der Waals surface area contributed by atoms with Gasteiger partial charge >= 0.3 is 0 Å². The summed E-state index contributed by atoms with van der Waals surface area (Å²) in [5, 5.41) is 3.38. The van der Waals surface area contributed by atoms with Gasteiger partial charge in [0.25, 0.3) is 0 Å². The first-order valence-electron chi connectivity index (χ1n) is 7.57. The van der Waals surface area contributed by atoms with Gasteiger partial charge in [-0.25, -0.2) is 0 Å². The maximum Gasteiger partial charge on any atom is 0.225 e. The number of benzene rings is 2. The molecular weight excluding hydrogens is 314 g/mol. The molecule has 3 rings (SSSR count). The van der Waals surface area contributed by atoms with E-state index in [0.717, 1.165) is 17.1 Å². The number of hydrogen-bond acceptors (Lipinski definition) is 3. The molecule has 2 aromatic rings. The van der Waals surface area contributed by atoms with E-state index >= 15 is 0 Å². The molecule has 0 aliphatic carbocycles. The molecule has 5 heteroatoms. The van der Waals surface area contributed by atoms with Gasteiger partial charge in [0.1, 0.15) is 13.2 Å². The highest BCUT2D eigenvalue weighted by atomic mass is 35.5. The number of ether oxygens (including phenoxy) is 2. The van der Waals surface area contributed by atoms with E-state index in [9.17, 15) is 4.79 Å². The maximum absolute atomic E-state index is 12.2. The van der Waals surface area contributed by atoms with Crippen LogP contribution in [0.5, 0.6) is 11.5 Å². The standard InChI is InChI=1S/C18H18ClNO3/c1-12(10-18(21)20-15-5-3-2-4-14(15)19)13-6-7-16-17(11-13)23-9-8-22-16/h2-7,11-12H,8-10H2,1H3,(H,20,21). The molecule has 1 N–H and O–H groups in total. The summed E-state index contributed by atoms with van der Waals surface area (Å²) in [7, 11) is 0. The Balaban J connectivity index is 1.65. The maximum atomic E-state index is 12.2. The van der Waals surface area contributed by atoms with Crippen LogP contribution in [0, 0.1) is 0 Å². The van der Waals surface area contributed by atoms with Crippen LogP contribution in [-0.4, -0.2) is 19.1 Å². The highest BCUT2D eigenvalue weighted by molar-refractivity contribution is 6.33. The van der Waals surface area contributed by atoms with Crippen LogP contribution in [0.2, 0.25) is 5.02 Å². The van der Waals surface area contributed by atoms with Crippen molar-refractivity contribution in [2.24, 2.45) is 0 Å². The van der Waals surface area contributed by atoms with Gasteiger partial charge in [-0.2, -0.15) is 0 Å². The number of carbonyl (C=O) groups is 1. The Hall–Kier alpha value is -2.20. The lowest BCUT2D eigenvalue weighted by molar-refractivity contribution is -0.116. The van der Waals surface area contributed by atoms with Gasteiger partial charge < -0.3 is 14.8 Å². The molecule has 0 radical (unpaired) electrons. The first kappa shape index (κ1) is 15.7. The predicted molar refractivity (Wildman–Crippen MR) is 90.5 cm³/mol. The van der Waals surface area contributed by atoms with Gasteiger partial charge in [0.05, 0.1) is 10.7 Å². The highest BCUT2D eigenvalue weighted by Gasteiger charge is 2.17. The molecule has 0 saturated heterocycles. The van der Waals surface area contributed by atoms with Gasteiger partial charge in [-0.15, -0.1) is 0 Å². The van der Waals surface area contributed by atoms with Crippen molar-refractivity contribution in [2.75, 3.05) is 18.5 Å². The fourth-order valence-electron chi connectivity index (χ4n) is 2.53. The molecule has 1 aliphatic heterocycles. The van der Waals surface area contributed by atoms with Gasteiger partial charge in [-0.3, -0.25) is 4.79 Å². The zero-order valence-corrected chi connectivity index (χ0v) is 13.6. The average molecular weight is 332 g/mol. The fourth-order valence-corrected chi connectivity index (χ4v) is 2.71. The van der Waals surface area contributed by atoms with Crippen molar-refractivity contribution in [3.63, 3.8) is 0 Å². The number of para-hydroxylation sites is 1. The Bertz CT molecular complexity index is 717. The van der Waals surface area contributed by atoms with Crippen LogP contribution in [0.3, 0.4) is 0 Å². The van der Waals surface area contributed by atoms with Crippen molar-refractivity contribution in [3.8, 4) is 11.5 Å².